The Labute approximate surface area is 209 Å². The fourth-order valence-corrected chi connectivity index (χ4v) is 5.07. The first-order valence-corrected chi connectivity index (χ1v) is 12.8. The number of aryl methyl sites for hydroxylation is 1. The van der Waals surface area contributed by atoms with Crippen molar-refractivity contribution in [2.75, 3.05) is 11.4 Å². The molecule has 1 aliphatic rings. The molecule has 0 spiro atoms. The molecule has 8 heteroatoms. The lowest BCUT2D eigenvalue weighted by Gasteiger charge is -2.33. The Morgan fingerprint density at radius 1 is 1.09 bits per heavy atom. The number of carbonyl (C=O) groups excluding carboxylic acids is 3. The molecular formula is C27H30N4O3S. The lowest BCUT2D eigenvalue weighted by Crippen LogP contribution is -2.49. The average Bonchev–Trinajstić information content (AvgIpc) is 3.42. The Bertz CT molecular complexity index is 1140. The number of benzene rings is 1. The van der Waals surface area contributed by atoms with Crippen LogP contribution in [0.15, 0.2) is 66.3 Å². The lowest BCUT2D eigenvalue weighted by molar-refractivity contribution is -0.127. The predicted octanol–water partition coefficient (Wildman–Crippen LogP) is 4.40. The number of nitrogens with one attached hydrogen (secondary N) is 2. The number of hydrogen-bond donors (Lipinski definition) is 2. The molecular weight excluding hydrogens is 460 g/mol. The zero-order valence-corrected chi connectivity index (χ0v) is 20.6. The molecule has 35 heavy (non-hydrogen) atoms. The second kappa shape index (κ2) is 11.8. The minimum atomic E-state index is -0.918. The molecule has 2 aromatic heterocycles. The first-order valence-electron chi connectivity index (χ1n) is 11.9. The minimum Gasteiger partial charge on any atom is -0.351 e. The van der Waals surface area contributed by atoms with Gasteiger partial charge in [0.25, 0.3) is 5.91 Å². The molecule has 0 saturated heterocycles. The number of pyridine rings is 1. The first kappa shape index (κ1) is 24.6. The second-order valence-corrected chi connectivity index (χ2v) is 9.74. The van der Waals surface area contributed by atoms with E-state index in [1.165, 1.54) is 22.7 Å². The molecule has 1 saturated carbocycles. The average molecular weight is 491 g/mol. The number of amides is 3. The third-order valence-corrected chi connectivity index (χ3v) is 7.02. The molecule has 182 valence electrons. The molecule has 2 N–H and O–H groups in total. The van der Waals surface area contributed by atoms with Crippen molar-refractivity contribution in [3.05, 3.63) is 82.3 Å². The van der Waals surface area contributed by atoms with E-state index >= 15 is 0 Å². The largest absolute Gasteiger partial charge is 0.351 e. The van der Waals surface area contributed by atoms with Gasteiger partial charge in [0.1, 0.15) is 6.04 Å². The Morgan fingerprint density at radius 2 is 1.91 bits per heavy atom. The molecule has 1 aromatic carbocycles. The summed E-state index contributed by atoms with van der Waals surface area (Å²) in [5.41, 5.74) is 2.16. The summed E-state index contributed by atoms with van der Waals surface area (Å²) in [7, 11) is 0. The number of hydrogen-bond acceptors (Lipinski definition) is 5. The summed E-state index contributed by atoms with van der Waals surface area (Å²) >= 11 is 1.31. The monoisotopic (exact) mass is 490 g/mol. The maximum Gasteiger partial charge on any atom is 0.261 e. The molecule has 0 bridgehead atoms. The summed E-state index contributed by atoms with van der Waals surface area (Å²) in [6.45, 7) is 1.70. The number of nitrogens with zero attached hydrogens (tertiary/aromatic N) is 2. The normalized spacial score (nSPS) is 14.7. The maximum atomic E-state index is 13.7. The number of rotatable bonds is 8. The van der Waals surface area contributed by atoms with Gasteiger partial charge in [-0.15, -0.1) is 11.3 Å². The molecule has 4 rings (SSSR count). The van der Waals surface area contributed by atoms with Crippen molar-refractivity contribution < 1.29 is 14.4 Å². The molecule has 0 aliphatic heterocycles. The van der Waals surface area contributed by atoms with Gasteiger partial charge < -0.3 is 10.6 Å². The van der Waals surface area contributed by atoms with Gasteiger partial charge >= 0.3 is 0 Å². The molecule has 7 nitrogen and oxygen atoms in total. The van der Waals surface area contributed by atoms with Gasteiger partial charge in [-0.25, -0.2) is 0 Å². The Kier molecular flexibility index (Phi) is 8.26. The minimum absolute atomic E-state index is 0.0865. The summed E-state index contributed by atoms with van der Waals surface area (Å²) in [6.07, 6.45) is 8.46. The van der Waals surface area contributed by atoms with Gasteiger partial charge in [0.05, 0.1) is 11.4 Å². The second-order valence-electron chi connectivity index (χ2n) is 8.80. The number of aromatic nitrogens is 1. The highest BCUT2D eigenvalue weighted by Gasteiger charge is 2.34. The Morgan fingerprint density at radius 3 is 2.60 bits per heavy atom. The fourth-order valence-electron chi connectivity index (χ4n) is 4.43. The van der Waals surface area contributed by atoms with Gasteiger partial charge in [-0.3, -0.25) is 24.3 Å². The number of thiophene rings is 1. The zero-order chi connectivity index (χ0) is 24.6. The van der Waals surface area contributed by atoms with Gasteiger partial charge in [0, 0.05) is 29.7 Å². The molecule has 2 heterocycles. The van der Waals surface area contributed by atoms with Crippen LogP contribution >= 0.6 is 11.3 Å². The molecule has 0 radical (unpaired) electrons. The Hall–Kier alpha value is -3.52. The van der Waals surface area contributed by atoms with Gasteiger partial charge in [0.15, 0.2) is 0 Å². The molecule has 1 atom stereocenters. The topological polar surface area (TPSA) is 91.4 Å². The summed E-state index contributed by atoms with van der Waals surface area (Å²) in [4.78, 5) is 46.1. The summed E-state index contributed by atoms with van der Waals surface area (Å²) in [5.74, 6) is -0.945. The SMILES string of the molecule is Cc1cccc(N(C(=O)CNC(=O)c2cccs2)[C@H](C(=O)NC2CCCCC2)c2cccnc2)c1. The third kappa shape index (κ3) is 6.33. The van der Waals surface area contributed by atoms with Crippen molar-refractivity contribution in [2.45, 2.75) is 51.1 Å². The van der Waals surface area contributed by atoms with E-state index in [0.717, 1.165) is 31.2 Å². The van der Waals surface area contributed by atoms with E-state index in [2.05, 4.69) is 15.6 Å². The van der Waals surface area contributed by atoms with Crippen LogP contribution in [-0.4, -0.2) is 35.3 Å². The zero-order valence-electron chi connectivity index (χ0n) is 19.8. The van der Waals surface area contributed by atoms with Gasteiger partial charge in [-0.2, -0.15) is 0 Å². The summed E-state index contributed by atoms with van der Waals surface area (Å²) < 4.78 is 0. The van der Waals surface area contributed by atoms with Crippen LogP contribution in [0.5, 0.6) is 0 Å². The van der Waals surface area contributed by atoms with Crippen LogP contribution in [0.4, 0.5) is 5.69 Å². The molecule has 3 aromatic rings. The van der Waals surface area contributed by atoms with Crippen LogP contribution < -0.4 is 15.5 Å². The molecule has 1 fully saturated rings. The number of anilines is 1. The maximum absolute atomic E-state index is 13.7. The quantitative estimate of drug-likeness (QED) is 0.490. The van der Waals surface area contributed by atoms with E-state index in [9.17, 15) is 14.4 Å². The van der Waals surface area contributed by atoms with E-state index in [-0.39, 0.29) is 30.3 Å². The number of carbonyl (C=O) groups is 3. The lowest BCUT2D eigenvalue weighted by atomic mass is 9.94. The summed E-state index contributed by atoms with van der Waals surface area (Å²) in [6, 6.07) is 13.7. The summed E-state index contributed by atoms with van der Waals surface area (Å²) in [5, 5.41) is 7.70. The predicted molar refractivity (Wildman–Crippen MR) is 137 cm³/mol. The van der Waals surface area contributed by atoms with E-state index < -0.39 is 6.04 Å². The van der Waals surface area contributed by atoms with Crippen LogP contribution in [-0.2, 0) is 9.59 Å². The van der Waals surface area contributed by atoms with Gasteiger partial charge in [0.2, 0.25) is 11.8 Å². The molecule has 0 unspecified atom stereocenters. The van der Waals surface area contributed by atoms with Crippen molar-refractivity contribution in [3.8, 4) is 0 Å². The van der Waals surface area contributed by atoms with Crippen molar-refractivity contribution in [3.63, 3.8) is 0 Å². The smallest absolute Gasteiger partial charge is 0.261 e. The molecule has 1 aliphatic carbocycles. The standard InChI is InChI=1S/C27H30N4O3S/c1-19-8-5-12-22(16-19)31(24(32)18-29-26(33)23-13-7-15-35-23)25(20-9-6-14-28-17-20)27(34)30-21-10-3-2-4-11-21/h5-9,12-17,21,25H,2-4,10-11,18H2,1H3,(H,29,33)(H,30,34)/t25-/m0/s1. The van der Waals surface area contributed by atoms with Gasteiger partial charge in [-0.1, -0.05) is 43.5 Å². The highest BCUT2D eigenvalue weighted by molar-refractivity contribution is 7.12. The van der Waals surface area contributed by atoms with E-state index in [1.54, 1.807) is 36.7 Å². The van der Waals surface area contributed by atoms with E-state index in [0.29, 0.717) is 16.1 Å². The van der Waals surface area contributed by atoms with Crippen molar-refractivity contribution >= 4 is 34.7 Å². The van der Waals surface area contributed by atoms with Crippen molar-refractivity contribution in [1.82, 2.24) is 15.6 Å². The van der Waals surface area contributed by atoms with Crippen LogP contribution in [0.2, 0.25) is 0 Å². The van der Waals surface area contributed by atoms with E-state index in [1.807, 2.05) is 36.6 Å². The highest BCUT2D eigenvalue weighted by Crippen LogP contribution is 2.29. The third-order valence-electron chi connectivity index (χ3n) is 6.15. The van der Waals surface area contributed by atoms with Crippen molar-refractivity contribution in [1.29, 1.82) is 0 Å². The van der Waals surface area contributed by atoms with Crippen LogP contribution in [0.3, 0.4) is 0 Å². The Balaban J connectivity index is 1.66. The van der Waals surface area contributed by atoms with Crippen LogP contribution in [0.1, 0.15) is 58.9 Å². The van der Waals surface area contributed by atoms with Crippen LogP contribution in [0, 0.1) is 6.92 Å². The van der Waals surface area contributed by atoms with E-state index in [4.69, 9.17) is 0 Å². The van der Waals surface area contributed by atoms with Gasteiger partial charge in [-0.05, 0) is 55.0 Å². The molecule has 3 amide bonds. The fraction of sp³-hybridized carbons (Fsp3) is 0.333. The van der Waals surface area contributed by atoms with Crippen LogP contribution in [0.25, 0.3) is 0 Å². The first-order chi connectivity index (χ1) is 17.0. The van der Waals surface area contributed by atoms with Crippen molar-refractivity contribution in [2.24, 2.45) is 0 Å². The highest BCUT2D eigenvalue weighted by atomic mass is 32.1.